The summed E-state index contributed by atoms with van der Waals surface area (Å²) in [6.07, 6.45) is 7.10. The van der Waals surface area contributed by atoms with E-state index in [4.69, 9.17) is 4.74 Å². The molecule has 0 spiro atoms. The zero-order valence-electron chi connectivity index (χ0n) is 14.4. The first kappa shape index (κ1) is 17.0. The van der Waals surface area contributed by atoms with Crippen molar-refractivity contribution in [1.82, 2.24) is 5.32 Å². The zero-order valence-corrected chi connectivity index (χ0v) is 14.4. The van der Waals surface area contributed by atoms with Gasteiger partial charge >= 0.3 is 0 Å². The number of nitrogens with one attached hydrogen (secondary N) is 1. The Morgan fingerprint density at radius 3 is 2.68 bits per heavy atom. The predicted molar refractivity (Wildman–Crippen MR) is 99.1 cm³/mol. The van der Waals surface area contributed by atoms with Crippen molar-refractivity contribution in [3.63, 3.8) is 0 Å². The standard InChI is InChI=1S/C21H22N2O2/c1-25-20-12-11-15-7-5-6-10-18(15)19(20)13-16(14-22)21(24)23-17-8-3-2-4-9-17/h5-7,10-13,17H,2-4,8-9H2,1H3,(H,23,24). The van der Waals surface area contributed by atoms with E-state index < -0.39 is 0 Å². The minimum atomic E-state index is -0.301. The van der Waals surface area contributed by atoms with Gasteiger partial charge in [-0.1, -0.05) is 49.6 Å². The monoisotopic (exact) mass is 334 g/mol. The summed E-state index contributed by atoms with van der Waals surface area (Å²) in [5.41, 5.74) is 0.871. The molecule has 0 heterocycles. The van der Waals surface area contributed by atoms with Gasteiger partial charge in [-0.3, -0.25) is 4.79 Å². The average Bonchev–Trinajstić information content (AvgIpc) is 2.66. The number of benzene rings is 2. The Labute approximate surface area is 148 Å². The largest absolute Gasteiger partial charge is 0.496 e. The summed E-state index contributed by atoms with van der Waals surface area (Å²) in [5, 5.41) is 14.5. The minimum absolute atomic E-state index is 0.111. The van der Waals surface area contributed by atoms with E-state index >= 15 is 0 Å². The third-order valence-electron chi connectivity index (χ3n) is 4.74. The molecule has 25 heavy (non-hydrogen) atoms. The maximum Gasteiger partial charge on any atom is 0.262 e. The van der Waals surface area contributed by atoms with Crippen LogP contribution in [-0.4, -0.2) is 19.1 Å². The highest BCUT2D eigenvalue weighted by Crippen LogP contribution is 2.30. The highest BCUT2D eigenvalue weighted by Gasteiger charge is 2.19. The van der Waals surface area contributed by atoms with Gasteiger partial charge in [0.05, 0.1) is 7.11 Å². The number of nitrogens with zero attached hydrogens (tertiary/aromatic N) is 1. The van der Waals surface area contributed by atoms with Gasteiger partial charge in [-0.05, 0) is 35.8 Å². The Bertz CT molecular complexity index is 843. The minimum Gasteiger partial charge on any atom is -0.496 e. The number of methoxy groups -OCH3 is 1. The van der Waals surface area contributed by atoms with Crippen LogP contribution >= 0.6 is 0 Å². The molecule has 0 radical (unpaired) electrons. The van der Waals surface area contributed by atoms with Crippen LogP contribution in [0.4, 0.5) is 0 Å². The molecule has 1 fully saturated rings. The van der Waals surface area contributed by atoms with Crippen molar-refractivity contribution in [3.8, 4) is 11.8 Å². The number of carbonyl (C=O) groups excluding carboxylic acids is 1. The molecule has 1 aliphatic rings. The van der Waals surface area contributed by atoms with E-state index in [1.807, 2.05) is 42.5 Å². The topological polar surface area (TPSA) is 62.1 Å². The molecule has 1 saturated carbocycles. The Kier molecular flexibility index (Phi) is 5.35. The van der Waals surface area contributed by atoms with E-state index in [2.05, 4.69) is 5.32 Å². The van der Waals surface area contributed by atoms with Crippen molar-refractivity contribution in [2.24, 2.45) is 0 Å². The van der Waals surface area contributed by atoms with Gasteiger partial charge in [-0.15, -0.1) is 0 Å². The number of hydrogen-bond acceptors (Lipinski definition) is 3. The second kappa shape index (κ2) is 7.85. The Hall–Kier alpha value is -2.80. The first-order chi connectivity index (χ1) is 12.2. The van der Waals surface area contributed by atoms with Crippen LogP contribution in [0.1, 0.15) is 37.7 Å². The molecule has 4 nitrogen and oxygen atoms in total. The molecule has 0 saturated heterocycles. The molecular formula is C21H22N2O2. The number of nitriles is 1. The molecule has 0 aliphatic heterocycles. The summed E-state index contributed by atoms with van der Waals surface area (Å²) >= 11 is 0. The molecule has 2 aromatic carbocycles. The van der Waals surface area contributed by atoms with Crippen LogP contribution in [0.5, 0.6) is 5.75 Å². The van der Waals surface area contributed by atoms with E-state index in [1.54, 1.807) is 13.2 Å². The second-order valence-electron chi connectivity index (χ2n) is 6.38. The molecule has 0 unspecified atom stereocenters. The van der Waals surface area contributed by atoms with Crippen molar-refractivity contribution in [3.05, 3.63) is 47.5 Å². The van der Waals surface area contributed by atoms with E-state index in [9.17, 15) is 10.1 Å². The first-order valence-corrected chi connectivity index (χ1v) is 8.71. The van der Waals surface area contributed by atoms with Crippen LogP contribution in [0.25, 0.3) is 16.8 Å². The molecular weight excluding hydrogens is 312 g/mol. The summed E-state index contributed by atoms with van der Waals surface area (Å²) in [6.45, 7) is 0. The van der Waals surface area contributed by atoms with E-state index in [-0.39, 0.29) is 17.5 Å². The van der Waals surface area contributed by atoms with Crippen molar-refractivity contribution in [2.45, 2.75) is 38.1 Å². The normalized spacial score (nSPS) is 15.6. The van der Waals surface area contributed by atoms with E-state index in [1.165, 1.54) is 6.42 Å². The molecule has 0 aromatic heterocycles. The smallest absolute Gasteiger partial charge is 0.262 e. The number of ether oxygens (including phenoxy) is 1. The second-order valence-corrected chi connectivity index (χ2v) is 6.38. The maximum atomic E-state index is 12.5. The molecule has 1 N–H and O–H groups in total. The summed E-state index contributed by atoms with van der Waals surface area (Å²) in [7, 11) is 1.59. The van der Waals surface area contributed by atoms with Crippen molar-refractivity contribution in [1.29, 1.82) is 5.26 Å². The van der Waals surface area contributed by atoms with Crippen LogP contribution in [0.15, 0.2) is 42.0 Å². The van der Waals surface area contributed by atoms with Crippen molar-refractivity contribution < 1.29 is 9.53 Å². The van der Waals surface area contributed by atoms with Gasteiger partial charge in [0.2, 0.25) is 0 Å². The van der Waals surface area contributed by atoms with Crippen LogP contribution in [0.2, 0.25) is 0 Å². The van der Waals surface area contributed by atoms with Gasteiger partial charge in [0.15, 0.2) is 0 Å². The molecule has 2 aromatic rings. The molecule has 0 atom stereocenters. The van der Waals surface area contributed by atoms with Gasteiger partial charge in [0.25, 0.3) is 5.91 Å². The lowest BCUT2D eigenvalue weighted by molar-refractivity contribution is -0.117. The summed E-state index contributed by atoms with van der Waals surface area (Å²) < 4.78 is 5.44. The maximum absolute atomic E-state index is 12.5. The number of amides is 1. The molecule has 128 valence electrons. The van der Waals surface area contributed by atoms with Crippen molar-refractivity contribution in [2.75, 3.05) is 7.11 Å². The van der Waals surface area contributed by atoms with Crippen molar-refractivity contribution >= 4 is 22.8 Å². The Morgan fingerprint density at radius 1 is 1.20 bits per heavy atom. The fourth-order valence-electron chi connectivity index (χ4n) is 3.41. The summed E-state index contributed by atoms with van der Waals surface area (Å²) in [5.74, 6) is 0.348. The van der Waals surface area contributed by atoms with Crippen LogP contribution < -0.4 is 10.1 Å². The molecule has 3 rings (SSSR count). The van der Waals surface area contributed by atoms with Gasteiger partial charge in [-0.25, -0.2) is 0 Å². The van der Waals surface area contributed by atoms with Crippen LogP contribution in [-0.2, 0) is 4.79 Å². The Balaban J connectivity index is 1.95. The van der Waals surface area contributed by atoms with Gasteiger partial charge < -0.3 is 10.1 Å². The highest BCUT2D eigenvalue weighted by atomic mass is 16.5. The summed E-state index contributed by atoms with van der Waals surface area (Å²) in [4.78, 5) is 12.5. The number of fused-ring (bicyclic) bond motifs is 1. The fraction of sp³-hybridized carbons (Fsp3) is 0.333. The fourth-order valence-corrected chi connectivity index (χ4v) is 3.41. The lowest BCUT2D eigenvalue weighted by Crippen LogP contribution is -2.36. The Morgan fingerprint density at radius 2 is 1.96 bits per heavy atom. The number of carbonyl (C=O) groups is 1. The zero-order chi connectivity index (χ0) is 17.6. The van der Waals surface area contributed by atoms with Gasteiger partial charge in [-0.2, -0.15) is 5.26 Å². The number of rotatable bonds is 4. The quantitative estimate of drug-likeness (QED) is 0.673. The third kappa shape index (κ3) is 3.83. The van der Waals surface area contributed by atoms with E-state index in [0.29, 0.717) is 5.75 Å². The van der Waals surface area contributed by atoms with Crippen LogP contribution in [0.3, 0.4) is 0 Å². The van der Waals surface area contributed by atoms with Gasteiger partial charge in [0.1, 0.15) is 17.4 Å². The number of hydrogen-bond donors (Lipinski definition) is 1. The summed E-state index contributed by atoms with van der Waals surface area (Å²) in [6, 6.07) is 13.9. The molecule has 0 bridgehead atoms. The first-order valence-electron chi connectivity index (χ1n) is 8.71. The van der Waals surface area contributed by atoms with E-state index in [0.717, 1.165) is 42.0 Å². The van der Waals surface area contributed by atoms with Crippen LogP contribution in [0, 0.1) is 11.3 Å². The molecule has 1 aliphatic carbocycles. The SMILES string of the molecule is COc1ccc2ccccc2c1C=C(C#N)C(=O)NC1CCCCC1. The lowest BCUT2D eigenvalue weighted by Gasteiger charge is -2.22. The third-order valence-corrected chi connectivity index (χ3v) is 4.74. The highest BCUT2D eigenvalue weighted by molar-refractivity contribution is 6.05. The lowest BCUT2D eigenvalue weighted by atomic mass is 9.95. The molecule has 4 heteroatoms. The predicted octanol–water partition coefficient (Wildman–Crippen LogP) is 4.20. The van der Waals surface area contributed by atoms with Gasteiger partial charge in [0, 0.05) is 11.6 Å². The molecule has 1 amide bonds. The average molecular weight is 334 g/mol.